The fourth-order valence-electron chi connectivity index (χ4n) is 3.48. The SMILES string of the molecule is Cc1cc(CC(=O)Nc2ccc(-c3cncc(N)c3)cn2)c2c(c1)C(=O)N(C)C2=O. The van der Waals surface area contributed by atoms with Gasteiger partial charge in [0.2, 0.25) is 5.91 Å². The second kappa shape index (κ2) is 7.40. The summed E-state index contributed by atoms with van der Waals surface area (Å²) < 4.78 is 0. The molecule has 0 saturated heterocycles. The van der Waals surface area contributed by atoms with Crippen molar-refractivity contribution in [2.24, 2.45) is 0 Å². The molecule has 8 nitrogen and oxygen atoms in total. The van der Waals surface area contributed by atoms with Crippen LogP contribution in [0.5, 0.6) is 0 Å². The summed E-state index contributed by atoms with van der Waals surface area (Å²) in [5.74, 6) is -0.697. The van der Waals surface area contributed by atoms with Crippen LogP contribution < -0.4 is 11.1 Å². The van der Waals surface area contributed by atoms with Crippen LogP contribution in [0.15, 0.2) is 48.9 Å². The zero-order valence-electron chi connectivity index (χ0n) is 16.5. The van der Waals surface area contributed by atoms with E-state index in [-0.39, 0.29) is 18.2 Å². The number of aryl methyl sites for hydroxylation is 1. The summed E-state index contributed by atoms with van der Waals surface area (Å²) in [6.07, 6.45) is 4.82. The topological polar surface area (TPSA) is 118 Å². The molecule has 8 heteroatoms. The van der Waals surface area contributed by atoms with Crippen LogP contribution in [0.4, 0.5) is 11.5 Å². The molecule has 0 aliphatic carbocycles. The first kappa shape index (κ1) is 19.3. The van der Waals surface area contributed by atoms with Crippen LogP contribution in [0.2, 0.25) is 0 Å². The molecule has 0 bridgehead atoms. The maximum Gasteiger partial charge on any atom is 0.261 e. The van der Waals surface area contributed by atoms with E-state index in [0.29, 0.717) is 28.2 Å². The van der Waals surface area contributed by atoms with Gasteiger partial charge in [0.25, 0.3) is 11.8 Å². The van der Waals surface area contributed by atoms with E-state index < -0.39 is 5.91 Å². The first-order chi connectivity index (χ1) is 14.3. The number of nitrogens with two attached hydrogens (primary N) is 1. The van der Waals surface area contributed by atoms with Gasteiger partial charge >= 0.3 is 0 Å². The van der Waals surface area contributed by atoms with Crippen molar-refractivity contribution in [2.75, 3.05) is 18.1 Å². The standard InChI is InChI=1S/C22H19N5O3/c1-12-5-14(20-17(6-12)21(29)27(2)22(20)30)8-19(28)26-18-4-3-13(10-25-18)15-7-16(23)11-24-9-15/h3-7,9-11H,8,23H2,1-2H3,(H,25,26,28). The summed E-state index contributed by atoms with van der Waals surface area (Å²) in [5.41, 5.74) is 9.90. The number of hydrogen-bond acceptors (Lipinski definition) is 6. The second-order valence-corrected chi connectivity index (χ2v) is 7.18. The summed E-state index contributed by atoms with van der Waals surface area (Å²) in [6, 6.07) is 8.70. The van der Waals surface area contributed by atoms with Crippen LogP contribution in [0, 0.1) is 6.92 Å². The lowest BCUT2D eigenvalue weighted by molar-refractivity contribution is -0.115. The average Bonchev–Trinajstić information content (AvgIpc) is 2.92. The summed E-state index contributed by atoms with van der Waals surface area (Å²) in [5, 5.41) is 2.73. The van der Waals surface area contributed by atoms with Crippen LogP contribution in [-0.4, -0.2) is 39.6 Å². The van der Waals surface area contributed by atoms with E-state index in [1.807, 2.05) is 6.92 Å². The molecular weight excluding hydrogens is 382 g/mol. The molecule has 2 aromatic heterocycles. The van der Waals surface area contributed by atoms with Crippen molar-refractivity contribution in [1.82, 2.24) is 14.9 Å². The summed E-state index contributed by atoms with van der Waals surface area (Å²) in [4.78, 5) is 46.6. The quantitative estimate of drug-likeness (QED) is 0.648. The number of nitrogens with one attached hydrogen (secondary N) is 1. The van der Waals surface area contributed by atoms with Crippen molar-refractivity contribution in [2.45, 2.75) is 13.3 Å². The molecule has 3 aromatic rings. The van der Waals surface area contributed by atoms with Crippen LogP contribution in [0.3, 0.4) is 0 Å². The molecule has 1 aliphatic heterocycles. The number of nitrogen functional groups attached to an aromatic ring is 1. The van der Waals surface area contributed by atoms with E-state index in [9.17, 15) is 14.4 Å². The fraction of sp³-hybridized carbons (Fsp3) is 0.136. The largest absolute Gasteiger partial charge is 0.397 e. The molecule has 0 unspecified atom stereocenters. The Morgan fingerprint density at radius 2 is 1.87 bits per heavy atom. The number of carbonyl (C=O) groups is 3. The fourth-order valence-corrected chi connectivity index (χ4v) is 3.48. The highest BCUT2D eigenvalue weighted by atomic mass is 16.2. The van der Waals surface area contributed by atoms with E-state index in [0.717, 1.165) is 21.6 Å². The van der Waals surface area contributed by atoms with Crippen molar-refractivity contribution in [3.05, 3.63) is 71.2 Å². The van der Waals surface area contributed by atoms with Gasteiger partial charge in [0.05, 0.1) is 23.2 Å². The van der Waals surface area contributed by atoms with Crippen molar-refractivity contribution >= 4 is 29.2 Å². The summed E-state index contributed by atoms with van der Waals surface area (Å²) in [6.45, 7) is 1.82. The van der Waals surface area contributed by atoms with E-state index in [4.69, 9.17) is 5.73 Å². The van der Waals surface area contributed by atoms with Crippen molar-refractivity contribution in [3.8, 4) is 11.1 Å². The third kappa shape index (κ3) is 3.50. The first-order valence-electron chi connectivity index (χ1n) is 9.26. The zero-order chi connectivity index (χ0) is 21.4. The van der Waals surface area contributed by atoms with E-state index in [1.165, 1.54) is 7.05 Å². The van der Waals surface area contributed by atoms with Crippen LogP contribution in [-0.2, 0) is 11.2 Å². The van der Waals surface area contributed by atoms with Crippen molar-refractivity contribution in [1.29, 1.82) is 0 Å². The molecule has 3 heterocycles. The number of benzene rings is 1. The molecule has 150 valence electrons. The first-order valence-corrected chi connectivity index (χ1v) is 9.26. The smallest absolute Gasteiger partial charge is 0.261 e. The average molecular weight is 401 g/mol. The molecule has 0 radical (unpaired) electrons. The van der Waals surface area contributed by atoms with Gasteiger partial charge in [-0.05, 0) is 42.3 Å². The van der Waals surface area contributed by atoms with Crippen LogP contribution in [0.25, 0.3) is 11.1 Å². The van der Waals surface area contributed by atoms with Crippen molar-refractivity contribution < 1.29 is 14.4 Å². The molecule has 0 saturated carbocycles. The lowest BCUT2D eigenvalue weighted by Crippen LogP contribution is -2.24. The lowest BCUT2D eigenvalue weighted by Gasteiger charge is -2.09. The van der Waals surface area contributed by atoms with E-state index in [2.05, 4.69) is 15.3 Å². The molecule has 3 amide bonds. The highest BCUT2D eigenvalue weighted by Gasteiger charge is 2.35. The molecule has 30 heavy (non-hydrogen) atoms. The minimum atomic E-state index is -0.393. The number of fused-ring (bicyclic) bond motifs is 1. The Hall–Kier alpha value is -4.07. The van der Waals surface area contributed by atoms with Crippen LogP contribution in [0.1, 0.15) is 31.8 Å². The predicted octanol–water partition coefficient (Wildman–Crippen LogP) is 2.44. The highest BCUT2D eigenvalue weighted by Crippen LogP contribution is 2.27. The lowest BCUT2D eigenvalue weighted by atomic mass is 9.97. The maximum atomic E-state index is 12.6. The van der Waals surface area contributed by atoms with Gasteiger partial charge in [0.1, 0.15) is 5.82 Å². The zero-order valence-corrected chi connectivity index (χ0v) is 16.5. The molecule has 0 atom stereocenters. The molecule has 0 fully saturated rings. The number of amides is 3. The number of rotatable bonds is 4. The minimum absolute atomic E-state index is 0.0422. The number of anilines is 2. The Balaban J connectivity index is 1.52. The van der Waals surface area contributed by atoms with E-state index >= 15 is 0 Å². The van der Waals surface area contributed by atoms with Gasteiger partial charge < -0.3 is 11.1 Å². The third-order valence-electron chi connectivity index (χ3n) is 4.89. The second-order valence-electron chi connectivity index (χ2n) is 7.18. The highest BCUT2D eigenvalue weighted by molar-refractivity contribution is 6.22. The number of aromatic nitrogens is 2. The normalized spacial score (nSPS) is 12.8. The number of hydrogen-bond donors (Lipinski definition) is 2. The van der Waals surface area contributed by atoms with Gasteiger partial charge in [-0.2, -0.15) is 0 Å². The molecule has 0 spiro atoms. The summed E-state index contributed by atoms with van der Waals surface area (Å²) in [7, 11) is 1.44. The van der Waals surface area contributed by atoms with Gasteiger partial charge in [-0.1, -0.05) is 6.07 Å². The Labute approximate surface area is 172 Å². The Morgan fingerprint density at radius 3 is 2.57 bits per heavy atom. The molecule has 4 rings (SSSR count). The van der Waals surface area contributed by atoms with Crippen molar-refractivity contribution in [3.63, 3.8) is 0 Å². The number of pyridine rings is 2. The van der Waals surface area contributed by atoms with Gasteiger partial charge in [-0.3, -0.25) is 24.3 Å². The molecule has 3 N–H and O–H groups in total. The monoisotopic (exact) mass is 401 g/mol. The Kier molecular flexibility index (Phi) is 4.75. The van der Waals surface area contributed by atoms with Gasteiger partial charge in [0.15, 0.2) is 0 Å². The minimum Gasteiger partial charge on any atom is -0.397 e. The van der Waals surface area contributed by atoms with Gasteiger partial charge in [-0.15, -0.1) is 0 Å². The number of imide groups is 1. The van der Waals surface area contributed by atoms with E-state index in [1.54, 1.807) is 48.9 Å². The van der Waals surface area contributed by atoms with Crippen LogP contribution >= 0.6 is 0 Å². The Morgan fingerprint density at radius 1 is 1.07 bits per heavy atom. The number of nitrogens with zero attached hydrogens (tertiary/aromatic N) is 3. The molecule has 1 aromatic carbocycles. The number of carbonyl (C=O) groups excluding carboxylic acids is 3. The summed E-state index contributed by atoms with van der Waals surface area (Å²) >= 11 is 0. The third-order valence-corrected chi connectivity index (χ3v) is 4.89. The Bertz CT molecular complexity index is 1190. The van der Waals surface area contributed by atoms with Gasteiger partial charge in [0, 0.05) is 36.8 Å². The molecular formula is C22H19N5O3. The molecule has 1 aliphatic rings. The maximum absolute atomic E-state index is 12.6. The van der Waals surface area contributed by atoms with Gasteiger partial charge in [-0.25, -0.2) is 4.98 Å². The predicted molar refractivity (Wildman–Crippen MR) is 112 cm³/mol.